The number of fused-ring (bicyclic) bond motifs is 1. The fourth-order valence-corrected chi connectivity index (χ4v) is 3.36. The molecule has 0 saturated carbocycles. The largest absolute Gasteiger partial charge is 0.497 e. The molecular formula is C20H24N2O3. The molecule has 1 heterocycles. The highest BCUT2D eigenvalue weighted by atomic mass is 16.5. The summed E-state index contributed by atoms with van der Waals surface area (Å²) in [6.45, 7) is 1.26. The van der Waals surface area contributed by atoms with Crippen LogP contribution >= 0.6 is 0 Å². The van der Waals surface area contributed by atoms with Crippen LogP contribution in [0.15, 0.2) is 36.4 Å². The Morgan fingerprint density at radius 3 is 2.32 bits per heavy atom. The molecule has 1 fully saturated rings. The average Bonchev–Trinajstić information content (AvgIpc) is 2.66. The lowest BCUT2D eigenvalue weighted by Gasteiger charge is -2.32. The molecule has 5 nitrogen and oxygen atoms in total. The van der Waals surface area contributed by atoms with Crippen LogP contribution in [0, 0.1) is 5.92 Å². The van der Waals surface area contributed by atoms with Crippen molar-refractivity contribution < 1.29 is 14.3 Å². The van der Waals surface area contributed by atoms with Gasteiger partial charge in [0.25, 0.3) is 5.91 Å². The van der Waals surface area contributed by atoms with Crippen LogP contribution in [0.4, 0.5) is 0 Å². The van der Waals surface area contributed by atoms with Crippen LogP contribution < -0.4 is 4.74 Å². The number of amides is 2. The maximum atomic E-state index is 12.8. The zero-order valence-corrected chi connectivity index (χ0v) is 15.0. The number of piperidine rings is 1. The molecule has 0 aliphatic carbocycles. The van der Waals surface area contributed by atoms with Crippen molar-refractivity contribution in [2.75, 3.05) is 34.3 Å². The lowest BCUT2D eigenvalue weighted by Crippen LogP contribution is -2.42. The van der Waals surface area contributed by atoms with E-state index in [2.05, 4.69) is 0 Å². The second-order valence-corrected chi connectivity index (χ2v) is 6.73. The standard InChI is InChI=1S/C20H24N2O3/c1-21(2)19(23)14-8-10-22(11-9-14)20(24)17-5-4-16-13-18(25-3)7-6-15(16)12-17/h4-7,12-14H,8-11H2,1-3H3. The van der Waals surface area contributed by atoms with Gasteiger partial charge in [-0.25, -0.2) is 0 Å². The second kappa shape index (κ2) is 7.13. The first-order chi connectivity index (χ1) is 12.0. The normalized spacial score (nSPS) is 15.2. The molecule has 0 N–H and O–H groups in total. The summed E-state index contributed by atoms with van der Waals surface area (Å²) < 4.78 is 5.24. The molecule has 1 aliphatic rings. The first-order valence-electron chi connectivity index (χ1n) is 8.58. The van der Waals surface area contributed by atoms with Gasteiger partial charge in [0.2, 0.25) is 5.91 Å². The van der Waals surface area contributed by atoms with Crippen LogP contribution in [-0.2, 0) is 4.79 Å². The summed E-state index contributed by atoms with van der Waals surface area (Å²) in [6.07, 6.45) is 1.46. The number of carbonyl (C=O) groups excluding carboxylic acids is 2. The number of nitrogens with zero attached hydrogens (tertiary/aromatic N) is 2. The van der Waals surface area contributed by atoms with Crippen molar-refractivity contribution in [3.8, 4) is 5.75 Å². The molecule has 2 aromatic rings. The van der Waals surface area contributed by atoms with Gasteiger partial charge in [-0.1, -0.05) is 12.1 Å². The molecule has 0 atom stereocenters. The van der Waals surface area contributed by atoms with Crippen molar-refractivity contribution in [2.45, 2.75) is 12.8 Å². The van der Waals surface area contributed by atoms with E-state index >= 15 is 0 Å². The minimum absolute atomic E-state index is 0.0307. The highest BCUT2D eigenvalue weighted by Gasteiger charge is 2.28. The Kier molecular flexibility index (Phi) is 4.93. The van der Waals surface area contributed by atoms with Crippen LogP contribution in [0.1, 0.15) is 23.2 Å². The number of carbonyl (C=O) groups is 2. The van der Waals surface area contributed by atoms with Gasteiger partial charge in [0.15, 0.2) is 0 Å². The zero-order chi connectivity index (χ0) is 18.0. The Hall–Kier alpha value is -2.56. The number of hydrogen-bond acceptors (Lipinski definition) is 3. The van der Waals surface area contributed by atoms with E-state index in [-0.39, 0.29) is 17.7 Å². The van der Waals surface area contributed by atoms with Gasteiger partial charge in [-0.3, -0.25) is 9.59 Å². The maximum Gasteiger partial charge on any atom is 0.253 e. The van der Waals surface area contributed by atoms with E-state index in [0.29, 0.717) is 18.7 Å². The van der Waals surface area contributed by atoms with Gasteiger partial charge >= 0.3 is 0 Å². The van der Waals surface area contributed by atoms with E-state index in [4.69, 9.17) is 4.74 Å². The number of rotatable bonds is 3. The van der Waals surface area contributed by atoms with Crippen LogP contribution in [-0.4, -0.2) is 55.9 Å². The molecule has 2 aromatic carbocycles. The van der Waals surface area contributed by atoms with Crippen molar-refractivity contribution in [3.05, 3.63) is 42.0 Å². The SMILES string of the molecule is COc1ccc2cc(C(=O)N3CCC(C(=O)N(C)C)CC3)ccc2c1. The van der Waals surface area contributed by atoms with Gasteiger partial charge in [0, 0.05) is 38.7 Å². The zero-order valence-electron chi connectivity index (χ0n) is 15.0. The van der Waals surface area contributed by atoms with Gasteiger partial charge < -0.3 is 14.5 Å². The molecule has 0 aromatic heterocycles. The Morgan fingerprint density at radius 1 is 1.04 bits per heavy atom. The van der Waals surface area contributed by atoms with Gasteiger partial charge in [-0.15, -0.1) is 0 Å². The number of likely N-dealkylation sites (tertiary alicyclic amines) is 1. The van der Waals surface area contributed by atoms with Crippen LogP contribution in [0.25, 0.3) is 10.8 Å². The third-order valence-corrected chi connectivity index (χ3v) is 4.87. The Bertz CT molecular complexity index is 793. The third kappa shape index (κ3) is 3.60. The maximum absolute atomic E-state index is 12.8. The highest BCUT2D eigenvalue weighted by Crippen LogP contribution is 2.24. The van der Waals surface area contributed by atoms with E-state index in [1.807, 2.05) is 41.3 Å². The summed E-state index contributed by atoms with van der Waals surface area (Å²) in [4.78, 5) is 28.3. The lowest BCUT2D eigenvalue weighted by molar-refractivity contribution is -0.134. The summed E-state index contributed by atoms with van der Waals surface area (Å²) in [5, 5.41) is 2.07. The van der Waals surface area contributed by atoms with E-state index in [1.165, 1.54) is 0 Å². The minimum Gasteiger partial charge on any atom is -0.497 e. The van der Waals surface area contributed by atoms with Crippen molar-refractivity contribution in [1.29, 1.82) is 0 Å². The van der Waals surface area contributed by atoms with E-state index in [1.54, 1.807) is 26.1 Å². The quantitative estimate of drug-likeness (QED) is 0.863. The van der Waals surface area contributed by atoms with E-state index in [9.17, 15) is 9.59 Å². The monoisotopic (exact) mass is 340 g/mol. The molecule has 0 bridgehead atoms. The summed E-state index contributed by atoms with van der Waals surface area (Å²) in [5.74, 6) is 1.03. The molecule has 25 heavy (non-hydrogen) atoms. The molecule has 132 valence electrons. The predicted octanol–water partition coefficient (Wildman–Crippen LogP) is 2.79. The molecule has 1 saturated heterocycles. The summed E-state index contributed by atoms with van der Waals surface area (Å²) in [5.41, 5.74) is 0.690. The van der Waals surface area contributed by atoms with E-state index in [0.717, 1.165) is 29.4 Å². The number of methoxy groups -OCH3 is 1. The van der Waals surface area contributed by atoms with Crippen molar-refractivity contribution in [3.63, 3.8) is 0 Å². The van der Waals surface area contributed by atoms with Gasteiger partial charge in [-0.05, 0) is 47.9 Å². The number of ether oxygens (including phenoxy) is 1. The highest BCUT2D eigenvalue weighted by molar-refractivity contribution is 5.99. The van der Waals surface area contributed by atoms with Crippen LogP contribution in [0.2, 0.25) is 0 Å². The van der Waals surface area contributed by atoms with Crippen LogP contribution in [0.3, 0.4) is 0 Å². The van der Waals surface area contributed by atoms with E-state index < -0.39 is 0 Å². The molecular weight excluding hydrogens is 316 g/mol. The summed E-state index contributed by atoms with van der Waals surface area (Å²) in [7, 11) is 5.21. The summed E-state index contributed by atoms with van der Waals surface area (Å²) >= 11 is 0. The predicted molar refractivity (Wildman–Crippen MR) is 97.8 cm³/mol. The molecule has 5 heteroatoms. The summed E-state index contributed by atoms with van der Waals surface area (Å²) in [6, 6.07) is 11.6. The lowest BCUT2D eigenvalue weighted by atomic mass is 9.95. The van der Waals surface area contributed by atoms with Gasteiger partial charge in [0.1, 0.15) is 5.75 Å². The van der Waals surface area contributed by atoms with Crippen LogP contribution in [0.5, 0.6) is 5.75 Å². The molecule has 3 rings (SSSR count). The molecule has 1 aliphatic heterocycles. The first kappa shape index (κ1) is 17.3. The molecule has 0 radical (unpaired) electrons. The Morgan fingerprint density at radius 2 is 1.68 bits per heavy atom. The molecule has 2 amide bonds. The average molecular weight is 340 g/mol. The fourth-order valence-electron chi connectivity index (χ4n) is 3.36. The number of hydrogen-bond donors (Lipinski definition) is 0. The van der Waals surface area contributed by atoms with Gasteiger partial charge in [-0.2, -0.15) is 0 Å². The van der Waals surface area contributed by atoms with Crippen molar-refractivity contribution in [1.82, 2.24) is 9.80 Å². The molecule has 0 spiro atoms. The third-order valence-electron chi connectivity index (χ3n) is 4.87. The minimum atomic E-state index is 0.0307. The number of benzene rings is 2. The van der Waals surface area contributed by atoms with Crippen molar-refractivity contribution >= 4 is 22.6 Å². The Balaban J connectivity index is 1.71. The Labute approximate surface area is 148 Å². The first-order valence-corrected chi connectivity index (χ1v) is 8.58. The smallest absolute Gasteiger partial charge is 0.253 e. The fraction of sp³-hybridized carbons (Fsp3) is 0.400. The van der Waals surface area contributed by atoms with Gasteiger partial charge in [0.05, 0.1) is 7.11 Å². The topological polar surface area (TPSA) is 49.9 Å². The second-order valence-electron chi connectivity index (χ2n) is 6.73. The molecule has 0 unspecified atom stereocenters. The van der Waals surface area contributed by atoms with Crippen molar-refractivity contribution in [2.24, 2.45) is 5.92 Å².